The van der Waals surface area contributed by atoms with Crippen molar-refractivity contribution in [3.63, 3.8) is 0 Å². The summed E-state index contributed by atoms with van der Waals surface area (Å²) in [7, 11) is 1.70. The van der Waals surface area contributed by atoms with Gasteiger partial charge < -0.3 is 10.1 Å². The van der Waals surface area contributed by atoms with Crippen molar-refractivity contribution in [1.82, 2.24) is 15.5 Å². The van der Waals surface area contributed by atoms with Crippen molar-refractivity contribution in [3.05, 3.63) is 66.0 Å². The molecule has 1 N–H and O–H groups in total. The number of hydrogen-bond acceptors (Lipinski definition) is 4. The van der Waals surface area contributed by atoms with Crippen molar-refractivity contribution >= 4 is 10.8 Å². The Morgan fingerprint density at radius 3 is 2.71 bits per heavy atom. The Kier molecular flexibility index (Phi) is 4.07. The van der Waals surface area contributed by atoms with E-state index in [4.69, 9.17) is 4.74 Å². The van der Waals surface area contributed by atoms with Gasteiger partial charge in [-0.3, -0.25) is 0 Å². The van der Waals surface area contributed by atoms with Gasteiger partial charge in [0.05, 0.1) is 12.8 Å². The second-order valence-electron chi connectivity index (χ2n) is 4.79. The number of methoxy groups -OCH3 is 1. The van der Waals surface area contributed by atoms with E-state index < -0.39 is 0 Å². The van der Waals surface area contributed by atoms with Gasteiger partial charge in [-0.15, -0.1) is 0 Å². The Morgan fingerprint density at radius 1 is 1.00 bits per heavy atom. The lowest BCUT2D eigenvalue weighted by atomic mass is 10.0. The third-order valence-electron chi connectivity index (χ3n) is 3.45. The summed E-state index contributed by atoms with van der Waals surface area (Å²) in [6.45, 7) is 1.40. The third-order valence-corrected chi connectivity index (χ3v) is 3.45. The van der Waals surface area contributed by atoms with Gasteiger partial charge in [0.1, 0.15) is 5.75 Å². The van der Waals surface area contributed by atoms with E-state index in [1.54, 1.807) is 13.3 Å². The molecule has 0 saturated heterocycles. The van der Waals surface area contributed by atoms with Gasteiger partial charge in [-0.25, -0.2) is 0 Å². The van der Waals surface area contributed by atoms with E-state index in [1.807, 2.05) is 30.3 Å². The summed E-state index contributed by atoms with van der Waals surface area (Å²) in [5, 5.41) is 13.8. The lowest BCUT2D eigenvalue weighted by Crippen LogP contribution is -2.14. The van der Waals surface area contributed by atoms with Crippen LogP contribution in [0.3, 0.4) is 0 Å². The summed E-state index contributed by atoms with van der Waals surface area (Å²) in [6, 6.07) is 16.3. The first-order valence-corrected chi connectivity index (χ1v) is 6.90. The number of benzene rings is 2. The monoisotopic (exact) mass is 279 g/mol. The number of aromatic nitrogens is 2. The van der Waals surface area contributed by atoms with Crippen LogP contribution in [-0.2, 0) is 13.1 Å². The van der Waals surface area contributed by atoms with Gasteiger partial charge in [0.2, 0.25) is 0 Å². The van der Waals surface area contributed by atoms with Crippen LogP contribution >= 0.6 is 0 Å². The number of nitrogens with one attached hydrogen (secondary N) is 1. The molecule has 0 aliphatic rings. The number of fused-ring (bicyclic) bond motifs is 1. The van der Waals surface area contributed by atoms with Crippen LogP contribution < -0.4 is 10.1 Å². The quantitative estimate of drug-likeness (QED) is 0.780. The fourth-order valence-electron chi connectivity index (χ4n) is 2.43. The molecular weight excluding hydrogens is 262 g/mol. The topological polar surface area (TPSA) is 47.0 Å². The predicted octanol–water partition coefficient (Wildman–Crippen LogP) is 2.93. The number of nitrogens with zero attached hydrogens (tertiary/aromatic N) is 2. The minimum absolute atomic E-state index is 0.681. The normalized spacial score (nSPS) is 10.7. The molecule has 0 aliphatic heterocycles. The Labute approximate surface area is 123 Å². The van der Waals surface area contributed by atoms with Crippen LogP contribution in [0.1, 0.15) is 11.3 Å². The number of hydrogen-bond donors (Lipinski definition) is 1. The molecule has 4 heteroatoms. The third kappa shape index (κ3) is 3.01. The minimum atomic E-state index is 0.681. The average molecular weight is 279 g/mol. The Morgan fingerprint density at radius 2 is 1.90 bits per heavy atom. The zero-order chi connectivity index (χ0) is 14.5. The molecule has 106 valence electrons. The maximum atomic E-state index is 5.49. The van der Waals surface area contributed by atoms with E-state index in [0.717, 1.165) is 18.0 Å². The molecule has 0 bridgehead atoms. The van der Waals surface area contributed by atoms with Gasteiger partial charge in [-0.2, -0.15) is 10.2 Å². The highest BCUT2D eigenvalue weighted by Gasteiger charge is 2.07. The lowest BCUT2D eigenvalue weighted by Gasteiger charge is -2.12. The molecular formula is C17H17N3O. The lowest BCUT2D eigenvalue weighted by molar-refractivity contribution is 0.408. The first-order valence-electron chi connectivity index (χ1n) is 6.90. The van der Waals surface area contributed by atoms with Crippen molar-refractivity contribution in [2.75, 3.05) is 7.11 Å². The van der Waals surface area contributed by atoms with Crippen LogP contribution in [0, 0.1) is 0 Å². The van der Waals surface area contributed by atoms with Crippen molar-refractivity contribution in [1.29, 1.82) is 0 Å². The van der Waals surface area contributed by atoms with Gasteiger partial charge in [0.15, 0.2) is 0 Å². The molecule has 1 aromatic heterocycles. The van der Waals surface area contributed by atoms with Crippen LogP contribution in [0.2, 0.25) is 0 Å². The summed E-state index contributed by atoms with van der Waals surface area (Å²) in [6.07, 6.45) is 1.68. The fraction of sp³-hybridized carbons (Fsp3) is 0.176. The molecule has 2 aromatic carbocycles. The van der Waals surface area contributed by atoms with Crippen LogP contribution in [0.25, 0.3) is 10.8 Å². The van der Waals surface area contributed by atoms with Crippen LogP contribution in [0.4, 0.5) is 0 Å². The zero-order valence-electron chi connectivity index (χ0n) is 11.9. The van der Waals surface area contributed by atoms with Crippen molar-refractivity contribution in [2.24, 2.45) is 0 Å². The molecule has 4 nitrogen and oxygen atoms in total. The van der Waals surface area contributed by atoms with E-state index in [0.29, 0.717) is 6.54 Å². The molecule has 0 aliphatic carbocycles. The molecule has 0 spiro atoms. The summed E-state index contributed by atoms with van der Waals surface area (Å²) in [5.41, 5.74) is 2.09. The van der Waals surface area contributed by atoms with Gasteiger partial charge in [0.25, 0.3) is 0 Å². The molecule has 3 aromatic rings. The Balaban J connectivity index is 1.82. The van der Waals surface area contributed by atoms with E-state index in [-0.39, 0.29) is 0 Å². The highest BCUT2D eigenvalue weighted by atomic mass is 16.5. The summed E-state index contributed by atoms with van der Waals surface area (Å²) in [4.78, 5) is 0. The van der Waals surface area contributed by atoms with E-state index in [1.165, 1.54) is 16.3 Å². The van der Waals surface area contributed by atoms with Crippen LogP contribution in [0.15, 0.2) is 54.7 Å². The zero-order valence-corrected chi connectivity index (χ0v) is 11.9. The molecule has 0 atom stereocenters. The van der Waals surface area contributed by atoms with Crippen LogP contribution in [-0.4, -0.2) is 17.3 Å². The highest BCUT2D eigenvalue weighted by Crippen LogP contribution is 2.27. The smallest absolute Gasteiger partial charge is 0.123 e. The summed E-state index contributed by atoms with van der Waals surface area (Å²) >= 11 is 0. The Hall–Kier alpha value is -2.46. The van der Waals surface area contributed by atoms with Gasteiger partial charge in [-0.1, -0.05) is 30.3 Å². The van der Waals surface area contributed by atoms with E-state index >= 15 is 0 Å². The molecule has 0 amide bonds. The fourth-order valence-corrected chi connectivity index (χ4v) is 2.43. The molecule has 0 fully saturated rings. The number of rotatable bonds is 5. The predicted molar refractivity (Wildman–Crippen MR) is 83.1 cm³/mol. The van der Waals surface area contributed by atoms with Crippen LogP contribution in [0.5, 0.6) is 5.75 Å². The SMILES string of the molecule is COc1ccc2ccccc2c1CNCc1cccnn1. The Bertz CT molecular complexity index is 728. The largest absolute Gasteiger partial charge is 0.496 e. The molecule has 1 heterocycles. The molecule has 0 unspecified atom stereocenters. The van der Waals surface area contributed by atoms with Gasteiger partial charge >= 0.3 is 0 Å². The highest BCUT2D eigenvalue weighted by molar-refractivity contribution is 5.87. The molecule has 21 heavy (non-hydrogen) atoms. The second kappa shape index (κ2) is 6.33. The van der Waals surface area contributed by atoms with Crippen molar-refractivity contribution in [2.45, 2.75) is 13.1 Å². The average Bonchev–Trinajstić information content (AvgIpc) is 2.56. The van der Waals surface area contributed by atoms with Crippen molar-refractivity contribution in [3.8, 4) is 5.75 Å². The molecule has 0 radical (unpaired) electrons. The molecule has 3 rings (SSSR count). The summed E-state index contributed by atoms with van der Waals surface area (Å²) < 4.78 is 5.49. The first kappa shape index (κ1) is 13.5. The first-order chi connectivity index (χ1) is 10.4. The van der Waals surface area contributed by atoms with E-state index in [9.17, 15) is 0 Å². The standard InChI is InChI=1S/C17H17N3O/c1-21-17-9-8-13-5-2-3-7-15(13)16(17)12-18-11-14-6-4-10-19-20-14/h2-10,18H,11-12H2,1H3. The summed E-state index contributed by atoms with van der Waals surface area (Å²) in [5.74, 6) is 0.903. The van der Waals surface area contributed by atoms with Gasteiger partial charge in [-0.05, 0) is 29.0 Å². The molecule has 0 saturated carbocycles. The number of ether oxygens (including phenoxy) is 1. The van der Waals surface area contributed by atoms with E-state index in [2.05, 4.69) is 33.7 Å². The second-order valence-corrected chi connectivity index (χ2v) is 4.79. The van der Waals surface area contributed by atoms with Gasteiger partial charge in [0, 0.05) is 24.8 Å². The van der Waals surface area contributed by atoms with Crippen molar-refractivity contribution < 1.29 is 4.74 Å². The maximum Gasteiger partial charge on any atom is 0.123 e. The minimum Gasteiger partial charge on any atom is -0.496 e. The maximum absolute atomic E-state index is 5.49.